The first-order valence-electron chi connectivity index (χ1n) is 8.11. The van der Waals surface area contributed by atoms with Gasteiger partial charge in [-0.05, 0) is 38.6 Å². The molecule has 0 saturated carbocycles. The summed E-state index contributed by atoms with van der Waals surface area (Å²) in [6.45, 7) is 21.4. The Morgan fingerprint density at radius 2 is 1.05 bits per heavy atom. The summed E-state index contributed by atoms with van der Waals surface area (Å²) in [4.78, 5) is 0. The van der Waals surface area contributed by atoms with E-state index >= 15 is 0 Å². The molecule has 0 N–H and O–H groups in total. The van der Waals surface area contributed by atoms with Gasteiger partial charge in [-0.3, -0.25) is 4.57 Å². The van der Waals surface area contributed by atoms with Gasteiger partial charge in [0.25, 0.3) is 0 Å². The minimum absolute atomic E-state index is 0.0938. The van der Waals surface area contributed by atoms with Crippen molar-refractivity contribution in [2.75, 3.05) is 26.9 Å². The maximum Gasteiger partial charge on any atom is 0.599 e. The van der Waals surface area contributed by atoms with Crippen LogP contribution >= 0.6 is 0 Å². The summed E-state index contributed by atoms with van der Waals surface area (Å²) < 4.78 is 20.4. The van der Waals surface area contributed by atoms with Crippen molar-refractivity contribution >= 4 is 8.97 Å². The summed E-state index contributed by atoms with van der Waals surface area (Å²) in [5.74, 6) is 0. The van der Waals surface area contributed by atoms with Crippen LogP contribution in [0.15, 0.2) is 0 Å². The molecule has 0 rings (SSSR count). The molecule has 128 valence electrons. The molecule has 0 saturated heterocycles. The van der Waals surface area contributed by atoms with Crippen molar-refractivity contribution in [3.63, 3.8) is 0 Å². The van der Waals surface area contributed by atoms with Crippen LogP contribution in [0.5, 0.6) is 0 Å². The van der Waals surface area contributed by atoms with E-state index in [2.05, 4.69) is 53.2 Å². The zero-order valence-corrected chi connectivity index (χ0v) is 16.9. The minimum Gasteiger partial charge on any atom is -0.361 e. The third-order valence-corrected chi connectivity index (χ3v) is 6.52. The lowest BCUT2D eigenvalue weighted by atomic mass is 9.72. The van der Waals surface area contributed by atoms with E-state index in [-0.39, 0.29) is 16.9 Å². The van der Waals surface area contributed by atoms with Crippen molar-refractivity contribution in [3.8, 4) is 0 Å². The Morgan fingerprint density at radius 1 is 0.762 bits per heavy atom. The molecule has 0 fully saturated rings. The van der Waals surface area contributed by atoms with E-state index in [0.717, 1.165) is 0 Å². The number of rotatable bonds is 8. The summed E-state index contributed by atoms with van der Waals surface area (Å²) in [7, 11) is -0.757. The molecule has 0 amide bonds. The molecule has 0 aromatic heterocycles. The monoisotopic (exact) mass is 319 g/mol. The SMILES string of the molecule is CCO[Si](OCC)(OCC)N(C)C(C(C)(C)C)C(C)(C)C. The second-order valence-electron chi connectivity index (χ2n) is 7.57. The number of nitrogens with zero attached hydrogens (tertiary/aromatic N) is 1. The zero-order valence-electron chi connectivity index (χ0n) is 15.9. The van der Waals surface area contributed by atoms with Crippen molar-refractivity contribution in [2.45, 2.75) is 68.4 Å². The van der Waals surface area contributed by atoms with Crippen molar-refractivity contribution in [1.82, 2.24) is 4.57 Å². The van der Waals surface area contributed by atoms with Gasteiger partial charge in [-0.2, -0.15) is 0 Å². The summed E-state index contributed by atoms with van der Waals surface area (Å²) in [6, 6.07) is 0.279. The first-order valence-corrected chi connectivity index (χ1v) is 9.78. The predicted molar refractivity (Wildman–Crippen MR) is 91.1 cm³/mol. The molecule has 0 aliphatic heterocycles. The van der Waals surface area contributed by atoms with Crippen LogP contribution in [0.3, 0.4) is 0 Å². The van der Waals surface area contributed by atoms with Gasteiger partial charge in [0.15, 0.2) is 0 Å². The van der Waals surface area contributed by atoms with Gasteiger partial charge in [0.2, 0.25) is 0 Å². The molecule has 0 bridgehead atoms. The highest BCUT2D eigenvalue weighted by Gasteiger charge is 2.54. The Kier molecular flexibility index (Phi) is 8.08. The van der Waals surface area contributed by atoms with Crippen molar-refractivity contribution in [1.29, 1.82) is 0 Å². The molecule has 0 aliphatic carbocycles. The van der Waals surface area contributed by atoms with Gasteiger partial charge in [0.05, 0.1) is 0 Å². The second-order valence-corrected chi connectivity index (χ2v) is 10.2. The third-order valence-electron chi connectivity index (χ3n) is 3.44. The summed E-state index contributed by atoms with van der Waals surface area (Å²) >= 11 is 0. The van der Waals surface area contributed by atoms with E-state index in [4.69, 9.17) is 13.3 Å². The minimum atomic E-state index is -2.85. The maximum absolute atomic E-state index is 6.06. The normalized spacial score (nSPS) is 14.3. The molecular formula is C16H37NO3Si. The van der Waals surface area contributed by atoms with Gasteiger partial charge in [-0.15, -0.1) is 0 Å². The van der Waals surface area contributed by atoms with Crippen LogP contribution < -0.4 is 0 Å². The van der Waals surface area contributed by atoms with E-state index in [1.54, 1.807) is 0 Å². The molecule has 0 atom stereocenters. The smallest absolute Gasteiger partial charge is 0.361 e. The molecule has 4 nitrogen and oxygen atoms in total. The van der Waals surface area contributed by atoms with Gasteiger partial charge >= 0.3 is 8.97 Å². The van der Waals surface area contributed by atoms with Crippen LogP contribution in [0.1, 0.15) is 62.3 Å². The molecule has 0 aromatic carbocycles. The fraction of sp³-hybridized carbons (Fsp3) is 1.00. The topological polar surface area (TPSA) is 30.9 Å². The molecule has 0 unspecified atom stereocenters. The number of hydrogen-bond donors (Lipinski definition) is 0. The Labute approximate surface area is 133 Å². The van der Waals surface area contributed by atoms with Gasteiger partial charge < -0.3 is 13.3 Å². The molecule has 21 heavy (non-hydrogen) atoms. The van der Waals surface area contributed by atoms with Crippen LogP contribution in [0, 0.1) is 10.8 Å². The van der Waals surface area contributed by atoms with Crippen LogP contribution in [0.2, 0.25) is 0 Å². The summed E-state index contributed by atoms with van der Waals surface area (Å²) in [5, 5.41) is 0. The van der Waals surface area contributed by atoms with E-state index < -0.39 is 8.97 Å². The Hall–Kier alpha value is 0.0569. The lowest BCUT2D eigenvalue weighted by molar-refractivity contribution is -0.0293. The first-order chi connectivity index (χ1) is 9.46. The highest BCUT2D eigenvalue weighted by atomic mass is 28.4. The lowest BCUT2D eigenvalue weighted by Gasteiger charge is -2.50. The fourth-order valence-corrected chi connectivity index (χ4v) is 6.64. The van der Waals surface area contributed by atoms with E-state index in [9.17, 15) is 0 Å². The van der Waals surface area contributed by atoms with Gasteiger partial charge in [0.1, 0.15) is 0 Å². The second kappa shape index (κ2) is 8.06. The third kappa shape index (κ3) is 5.64. The number of hydrogen-bond acceptors (Lipinski definition) is 4. The average molecular weight is 320 g/mol. The molecule has 0 heterocycles. The molecule has 0 radical (unpaired) electrons. The molecule has 0 aliphatic rings. The van der Waals surface area contributed by atoms with Crippen molar-refractivity contribution < 1.29 is 13.3 Å². The van der Waals surface area contributed by atoms with Crippen LogP contribution in [0.4, 0.5) is 0 Å². The van der Waals surface area contributed by atoms with Gasteiger partial charge in [-0.1, -0.05) is 41.5 Å². The standard InChI is InChI=1S/C16H37NO3Si/c1-11-18-21(19-12-2,20-13-3)17(10)14(15(4,5)6)16(7,8)9/h14H,11-13H2,1-10H3. The average Bonchev–Trinajstić information content (AvgIpc) is 2.25. The predicted octanol–water partition coefficient (Wildman–Crippen LogP) is 3.92. The zero-order chi connectivity index (χ0) is 16.9. The largest absolute Gasteiger partial charge is 0.599 e. The first kappa shape index (κ1) is 21.1. The van der Waals surface area contributed by atoms with Crippen LogP contribution in [0.25, 0.3) is 0 Å². The van der Waals surface area contributed by atoms with E-state index in [1.807, 2.05) is 20.8 Å². The Bertz CT molecular complexity index is 266. The van der Waals surface area contributed by atoms with Crippen LogP contribution in [-0.4, -0.2) is 46.4 Å². The summed E-state index contributed by atoms with van der Waals surface area (Å²) in [5.41, 5.74) is 0.188. The quantitative estimate of drug-likeness (QED) is 0.634. The molecule has 0 aromatic rings. The molecule has 5 heteroatoms. The highest BCUT2D eigenvalue weighted by Crippen LogP contribution is 2.39. The summed E-state index contributed by atoms with van der Waals surface area (Å²) in [6.07, 6.45) is 0. The van der Waals surface area contributed by atoms with Gasteiger partial charge in [0, 0.05) is 25.9 Å². The maximum atomic E-state index is 6.06. The van der Waals surface area contributed by atoms with Gasteiger partial charge in [-0.25, -0.2) is 0 Å². The molecule has 0 spiro atoms. The Morgan fingerprint density at radius 3 is 1.24 bits per heavy atom. The highest BCUT2D eigenvalue weighted by molar-refractivity contribution is 6.57. The Balaban J connectivity index is 5.73. The van der Waals surface area contributed by atoms with E-state index in [0.29, 0.717) is 19.8 Å². The molecular weight excluding hydrogens is 282 g/mol. The fourth-order valence-electron chi connectivity index (χ4n) is 3.60. The lowest BCUT2D eigenvalue weighted by Crippen LogP contribution is -2.67. The van der Waals surface area contributed by atoms with Crippen LogP contribution in [-0.2, 0) is 13.3 Å². The van der Waals surface area contributed by atoms with Crippen molar-refractivity contribution in [2.24, 2.45) is 10.8 Å². The van der Waals surface area contributed by atoms with E-state index in [1.165, 1.54) is 0 Å². The van der Waals surface area contributed by atoms with Crippen molar-refractivity contribution in [3.05, 3.63) is 0 Å².